The molecule has 0 aliphatic carbocycles. The van der Waals surface area contributed by atoms with E-state index in [-0.39, 0.29) is 16.9 Å². The average Bonchev–Trinajstić information content (AvgIpc) is 2.56. The van der Waals surface area contributed by atoms with Gasteiger partial charge in [-0.1, -0.05) is 41.5 Å². The van der Waals surface area contributed by atoms with Crippen LogP contribution in [0, 0.1) is 10.8 Å². The molecule has 0 aromatic rings. The normalized spacial score (nSPS) is 29.7. The molecule has 7 heteroatoms. The summed E-state index contributed by atoms with van der Waals surface area (Å²) in [5.74, 6) is 0. The van der Waals surface area contributed by atoms with Crippen molar-refractivity contribution >= 4 is 0 Å². The van der Waals surface area contributed by atoms with Gasteiger partial charge in [0.05, 0.1) is 24.4 Å². The molecule has 1 fully saturated rings. The lowest BCUT2D eigenvalue weighted by Crippen LogP contribution is -2.65. The van der Waals surface area contributed by atoms with E-state index in [1.54, 1.807) is 0 Å². The predicted molar refractivity (Wildman–Crippen MR) is 113 cm³/mol. The summed E-state index contributed by atoms with van der Waals surface area (Å²) in [6.07, 6.45) is -1.59. The van der Waals surface area contributed by atoms with Crippen LogP contribution >= 0.6 is 0 Å². The van der Waals surface area contributed by atoms with Gasteiger partial charge in [-0.05, 0) is 56.8 Å². The van der Waals surface area contributed by atoms with E-state index in [0.29, 0.717) is 26.2 Å². The van der Waals surface area contributed by atoms with E-state index in [1.807, 2.05) is 6.92 Å². The van der Waals surface area contributed by atoms with Crippen molar-refractivity contribution in [2.24, 2.45) is 22.3 Å². The van der Waals surface area contributed by atoms with Crippen molar-refractivity contribution in [3.8, 4) is 0 Å². The molecule has 7 nitrogen and oxygen atoms in total. The Morgan fingerprint density at radius 1 is 0.929 bits per heavy atom. The first-order valence-corrected chi connectivity index (χ1v) is 10.7. The third-order valence-electron chi connectivity index (χ3n) is 5.37. The maximum Gasteiger partial charge on any atom is 0.185 e. The zero-order valence-corrected chi connectivity index (χ0v) is 19.0. The number of hydrogen-bond donors (Lipinski definition) is 4. The molecule has 0 radical (unpaired) electrons. The number of aliphatic hydroxyl groups is 2. The largest absolute Gasteiger partial charge is 0.389 e. The van der Waals surface area contributed by atoms with Crippen molar-refractivity contribution < 1.29 is 19.7 Å². The van der Waals surface area contributed by atoms with Crippen LogP contribution in [-0.2, 0) is 9.47 Å². The zero-order chi connectivity index (χ0) is 21.7. The minimum absolute atomic E-state index is 0.130. The monoisotopic (exact) mass is 403 g/mol. The van der Waals surface area contributed by atoms with Crippen LogP contribution in [0.1, 0.15) is 61.3 Å². The molecule has 0 saturated carbocycles. The van der Waals surface area contributed by atoms with E-state index in [1.165, 1.54) is 0 Å². The highest BCUT2D eigenvalue weighted by atomic mass is 16.7. The Bertz CT molecular complexity index is 428. The average molecular weight is 404 g/mol. The highest BCUT2D eigenvalue weighted by Gasteiger charge is 2.48. The molecule has 0 bridgehead atoms. The van der Waals surface area contributed by atoms with Gasteiger partial charge in [-0.3, -0.25) is 4.90 Å². The Labute approximate surface area is 171 Å². The van der Waals surface area contributed by atoms with Gasteiger partial charge in [0.1, 0.15) is 6.10 Å². The summed E-state index contributed by atoms with van der Waals surface area (Å²) in [5, 5.41) is 22.0. The third kappa shape index (κ3) is 6.90. The van der Waals surface area contributed by atoms with E-state index < -0.39 is 30.6 Å². The summed E-state index contributed by atoms with van der Waals surface area (Å²) >= 11 is 0. The second-order valence-corrected chi connectivity index (χ2v) is 10.2. The van der Waals surface area contributed by atoms with Crippen LogP contribution < -0.4 is 11.5 Å². The molecule has 0 aromatic heterocycles. The van der Waals surface area contributed by atoms with Crippen LogP contribution in [0.25, 0.3) is 0 Å². The number of ether oxygens (including phenoxy) is 2. The van der Waals surface area contributed by atoms with E-state index in [9.17, 15) is 10.2 Å². The molecule has 6 N–H and O–H groups in total. The molecule has 1 rings (SSSR count). The van der Waals surface area contributed by atoms with Gasteiger partial charge < -0.3 is 31.2 Å². The molecule has 28 heavy (non-hydrogen) atoms. The maximum atomic E-state index is 11.2. The summed E-state index contributed by atoms with van der Waals surface area (Å²) < 4.78 is 12.3. The van der Waals surface area contributed by atoms with Gasteiger partial charge in [0.2, 0.25) is 0 Å². The highest BCUT2D eigenvalue weighted by molar-refractivity contribution is 4.96. The smallest absolute Gasteiger partial charge is 0.185 e. The summed E-state index contributed by atoms with van der Waals surface area (Å²) in [5.41, 5.74) is 11.1. The first-order valence-electron chi connectivity index (χ1n) is 10.7. The van der Waals surface area contributed by atoms with Crippen LogP contribution in [0.2, 0.25) is 0 Å². The second-order valence-electron chi connectivity index (χ2n) is 10.2. The van der Waals surface area contributed by atoms with Crippen molar-refractivity contribution in [3.63, 3.8) is 0 Å². The second kappa shape index (κ2) is 10.7. The van der Waals surface area contributed by atoms with Crippen LogP contribution in [0.5, 0.6) is 0 Å². The van der Waals surface area contributed by atoms with Gasteiger partial charge in [-0.2, -0.15) is 0 Å². The lowest BCUT2D eigenvalue weighted by molar-refractivity contribution is -0.312. The van der Waals surface area contributed by atoms with Gasteiger partial charge in [-0.25, -0.2) is 0 Å². The fraction of sp³-hybridized carbons (Fsp3) is 1.00. The molecular formula is C21H45N3O4. The first kappa shape index (κ1) is 25.8. The predicted octanol–water partition coefficient (Wildman–Crippen LogP) is 1.30. The fourth-order valence-electron chi connectivity index (χ4n) is 4.40. The van der Waals surface area contributed by atoms with Gasteiger partial charge >= 0.3 is 0 Å². The van der Waals surface area contributed by atoms with Crippen LogP contribution in [0.3, 0.4) is 0 Å². The molecule has 0 aromatic carbocycles. The summed E-state index contributed by atoms with van der Waals surface area (Å²) in [4.78, 5) is 2.09. The maximum absolute atomic E-state index is 11.2. The lowest BCUT2D eigenvalue weighted by Gasteiger charge is -2.49. The van der Waals surface area contributed by atoms with Crippen molar-refractivity contribution in [2.75, 3.05) is 26.2 Å². The van der Waals surface area contributed by atoms with Crippen LogP contribution in [-0.4, -0.2) is 78.0 Å². The highest BCUT2D eigenvalue weighted by Crippen LogP contribution is 2.39. The number of nitrogens with zero attached hydrogens (tertiary/aromatic N) is 1. The SMILES string of the molecule is CC1OC(OC(C(C)(C)C)C(C)(C)C)C(O)C(N(CCCN)CCCN)C1O. The molecule has 1 aliphatic heterocycles. The quantitative estimate of drug-likeness (QED) is 0.459. The van der Waals surface area contributed by atoms with Gasteiger partial charge in [-0.15, -0.1) is 0 Å². The van der Waals surface area contributed by atoms with Crippen molar-refractivity contribution in [2.45, 2.75) is 98.1 Å². The topological polar surface area (TPSA) is 114 Å². The Kier molecular flexibility index (Phi) is 9.81. The standard InChI is InChI=1S/C21H45N3O4/c1-14-16(25)15(24(12-8-10-22)13-9-11-23)17(26)18(27-14)28-19(20(2,3)4)21(5,6)7/h14-19,25-26H,8-13,22-23H2,1-7H3. The molecule has 168 valence electrons. The number of aliphatic hydroxyl groups excluding tert-OH is 2. The third-order valence-corrected chi connectivity index (χ3v) is 5.37. The Morgan fingerprint density at radius 3 is 1.79 bits per heavy atom. The van der Waals surface area contributed by atoms with E-state index >= 15 is 0 Å². The van der Waals surface area contributed by atoms with Crippen molar-refractivity contribution in [1.82, 2.24) is 4.90 Å². The van der Waals surface area contributed by atoms with Crippen molar-refractivity contribution in [1.29, 1.82) is 0 Å². The summed E-state index contributed by atoms with van der Waals surface area (Å²) in [6, 6.07) is -0.479. The molecular weight excluding hydrogens is 358 g/mol. The number of rotatable bonds is 9. The fourth-order valence-corrected chi connectivity index (χ4v) is 4.40. The molecule has 5 unspecified atom stereocenters. The summed E-state index contributed by atoms with van der Waals surface area (Å²) in [7, 11) is 0. The minimum Gasteiger partial charge on any atom is -0.389 e. The molecule has 5 atom stereocenters. The molecule has 0 amide bonds. The van der Waals surface area contributed by atoms with Gasteiger partial charge in [0, 0.05) is 0 Å². The van der Waals surface area contributed by atoms with Crippen LogP contribution in [0.4, 0.5) is 0 Å². The molecule has 1 heterocycles. The molecule has 0 spiro atoms. The summed E-state index contributed by atoms with van der Waals surface area (Å²) in [6.45, 7) is 17.1. The number of nitrogens with two attached hydrogens (primary N) is 2. The first-order chi connectivity index (χ1) is 12.8. The van der Waals surface area contributed by atoms with E-state index in [0.717, 1.165) is 12.8 Å². The number of hydrogen-bond acceptors (Lipinski definition) is 7. The van der Waals surface area contributed by atoms with E-state index in [4.69, 9.17) is 20.9 Å². The van der Waals surface area contributed by atoms with Crippen molar-refractivity contribution in [3.05, 3.63) is 0 Å². The Balaban J connectivity index is 3.09. The molecule has 1 saturated heterocycles. The van der Waals surface area contributed by atoms with Crippen LogP contribution in [0.15, 0.2) is 0 Å². The van der Waals surface area contributed by atoms with E-state index in [2.05, 4.69) is 46.4 Å². The minimum atomic E-state index is -0.964. The lowest BCUT2D eigenvalue weighted by atomic mass is 9.74. The van der Waals surface area contributed by atoms with Gasteiger partial charge in [0.15, 0.2) is 6.29 Å². The Morgan fingerprint density at radius 2 is 1.39 bits per heavy atom. The zero-order valence-electron chi connectivity index (χ0n) is 19.0. The molecule has 1 aliphatic rings. The Hall–Kier alpha value is -0.280. The van der Waals surface area contributed by atoms with Gasteiger partial charge in [0.25, 0.3) is 0 Å².